The lowest BCUT2D eigenvalue weighted by Gasteiger charge is -2.26. The first-order valence-corrected chi connectivity index (χ1v) is 7.52. The van der Waals surface area contributed by atoms with E-state index in [9.17, 15) is 9.90 Å². The summed E-state index contributed by atoms with van der Waals surface area (Å²) in [7, 11) is 1.61. The molecule has 1 aromatic carbocycles. The fraction of sp³-hybridized carbons (Fsp3) is 0.588. The second kappa shape index (κ2) is 7.49. The van der Waals surface area contributed by atoms with Crippen LogP contribution in [0.3, 0.4) is 0 Å². The Balaban J connectivity index is 2.63. The number of nitrogens with one attached hydrogen (secondary N) is 2. The van der Waals surface area contributed by atoms with Gasteiger partial charge >= 0.3 is 6.03 Å². The van der Waals surface area contributed by atoms with Crippen molar-refractivity contribution < 1.29 is 14.6 Å². The molecular formula is C17H28N2O3. The van der Waals surface area contributed by atoms with Crippen molar-refractivity contribution in [1.29, 1.82) is 0 Å². The van der Waals surface area contributed by atoms with Crippen LogP contribution in [0.5, 0.6) is 5.75 Å². The normalized spacial score (nSPS) is 14.1. The van der Waals surface area contributed by atoms with Crippen LogP contribution in [0.15, 0.2) is 18.2 Å². The zero-order valence-electron chi connectivity index (χ0n) is 14.4. The molecule has 1 rings (SSSR count). The lowest BCUT2D eigenvalue weighted by molar-refractivity contribution is 0.0649. The van der Waals surface area contributed by atoms with Crippen molar-refractivity contribution in [1.82, 2.24) is 10.6 Å². The lowest BCUT2D eigenvalue weighted by atomic mass is 9.89. The van der Waals surface area contributed by atoms with Gasteiger partial charge in [-0.1, -0.05) is 38.5 Å². The summed E-state index contributed by atoms with van der Waals surface area (Å²) in [5, 5.41) is 15.5. The fourth-order valence-electron chi connectivity index (χ4n) is 2.01. The maximum Gasteiger partial charge on any atom is 0.315 e. The van der Waals surface area contributed by atoms with Crippen molar-refractivity contribution in [2.24, 2.45) is 5.41 Å². The molecule has 1 aromatic rings. The highest BCUT2D eigenvalue weighted by Gasteiger charge is 2.23. The predicted molar refractivity (Wildman–Crippen MR) is 88.1 cm³/mol. The Hall–Kier alpha value is -1.75. The van der Waals surface area contributed by atoms with Crippen LogP contribution in [0.2, 0.25) is 0 Å². The Bertz CT molecular complexity index is 509. The molecule has 0 saturated carbocycles. The molecule has 0 aliphatic heterocycles. The van der Waals surface area contributed by atoms with E-state index in [0.717, 1.165) is 16.9 Å². The molecule has 5 nitrogen and oxygen atoms in total. The molecule has 0 aliphatic rings. The topological polar surface area (TPSA) is 70.6 Å². The molecule has 5 heteroatoms. The van der Waals surface area contributed by atoms with E-state index in [-0.39, 0.29) is 24.0 Å². The number of urea groups is 1. The monoisotopic (exact) mass is 308 g/mol. The van der Waals surface area contributed by atoms with Gasteiger partial charge < -0.3 is 20.5 Å². The highest BCUT2D eigenvalue weighted by molar-refractivity contribution is 5.74. The molecule has 2 unspecified atom stereocenters. The van der Waals surface area contributed by atoms with Crippen molar-refractivity contribution in [3.63, 3.8) is 0 Å². The molecule has 0 aromatic heterocycles. The number of rotatable bonds is 5. The van der Waals surface area contributed by atoms with Gasteiger partial charge in [0.25, 0.3) is 0 Å². The SMILES string of the molecule is COc1ccc(C)cc1C(C)NC(=O)NCC(O)C(C)(C)C. The lowest BCUT2D eigenvalue weighted by Crippen LogP contribution is -2.44. The highest BCUT2D eigenvalue weighted by atomic mass is 16.5. The number of hydrogen-bond donors (Lipinski definition) is 3. The number of aryl methyl sites for hydroxylation is 1. The summed E-state index contributed by atoms with van der Waals surface area (Å²) < 4.78 is 5.33. The fourth-order valence-corrected chi connectivity index (χ4v) is 2.01. The van der Waals surface area contributed by atoms with Crippen LogP contribution in [0.1, 0.15) is 44.9 Å². The summed E-state index contributed by atoms with van der Waals surface area (Å²) in [4.78, 5) is 12.0. The maximum absolute atomic E-state index is 12.0. The number of carbonyl (C=O) groups is 1. The van der Waals surface area contributed by atoms with Gasteiger partial charge in [-0.25, -0.2) is 4.79 Å². The quantitative estimate of drug-likeness (QED) is 0.783. The summed E-state index contributed by atoms with van der Waals surface area (Å²) in [6.07, 6.45) is -0.595. The first kappa shape index (κ1) is 18.3. The Morgan fingerprint density at radius 3 is 2.55 bits per heavy atom. The van der Waals surface area contributed by atoms with Gasteiger partial charge in [0, 0.05) is 12.1 Å². The number of amides is 2. The van der Waals surface area contributed by atoms with Crippen molar-refractivity contribution in [3.05, 3.63) is 29.3 Å². The molecule has 0 aliphatic carbocycles. The minimum atomic E-state index is -0.595. The molecule has 22 heavy (non-hydrogen) atoms. The standard InChI is InChI=1S/C17H28N2O3/c1-11-7-8-14(22-6)13(9-11)12(2)19-16(21)18-10-15(20)17(3,4)5/h7-9,12,15,20H,10H2,1-6H3,(H2,18,19,21). The maximum atomic E-state index is 12.0. The molecule has 2 atom stereocenters. The van der Waals surface area contributed by atoms with Crippen LogP contribution in [0.25, 0.3) is 0 Å². The number of carbonyl (C=O) groups excluding carboxylic acids is 1. The van der Waals surface area contributed by atoms with Gasteiger partial charge in [0.2, 0.25) is 0 Å². The first-order chi connectivity index (χ1) is 10.1. The predicted octanol–water partition coefficient (Wildman–Crippen LogP) is 2.77. The zero-order chi connectivity index (χ0) is 16.9. The Kier molecular flexibility index (Phi) is 6.23. The average molecular weight is 308 g/mol. The van der Waals surface area contributed by atoms with E-state index in [4.69, 9.17) is 4.74 Å². The number of aliphatic hydroxyl groups excluding tert-OH is 1. The van der Waals surface area contributed by atoms with Crippen molar-refractivity contribution in [2.75, 3.05) is 13.7 Å². The van der Waals surface area contributed by atoms with Crippen LogP contribution >= 0.6 is 0 Å². The Morgan fingerprint density at radius 2 is 2.00 bits per heavy atom. The van der Waals surface area contributed by atoms with Crippen LogP contribution in [0.4, 0.5) is 4.79 Å². The van der Waals surface area contributed by atoms with Crippen LogP contribution in [-0.2, 0) is 0 Å². The molecule has 0 bridgehead atoms. The van der Waals surface area contributed by atoms with E-state index < -0.39 is 6.10 Å². The second-order valence-electron chi connectivity index (χ2n) is 6.70. The Labute approximate surface area is 133 Å². The number of methoxy groups -OCH3 is 1. The van der Waals surface area contributed by atoms with Gasteiger partial charge in [-0.2, -0.15) is 0 Å². The van der Waals surface area contributed by atoms with Crippen molar-refractivity contribution in [3.8, 4) is 5.75 Å². The number of aliphatic hydroxyl groups is 1. The highest BCUT2D eigenvalue weighted by Crippen LogP contribution is 2.26. The Morgan fingerprint density at radius 1 is 1.36 bits per heavy atom. The molecule has 124 valence electrons. The summed E-state index contributed by atoms with van der Waals surface area (Å²) >= 11 is 0. The van der Waals surface area contributed by atoms with E-state index in [2.05, 4.69) is 10.6 Å². The third kappa shape index (κ3) is 5.22. The van der Waals surface area contributed by atoms with E-state index >= 15 is 0 Å². The molecular weight excluding hydrogens is 280 g/mol. The molecule has 0 heterocycles. The van der Waals surface area contributed by atoms with Crippen LogP contribution in [0, 0.1) is 12.3 Å². The summed E-state index contributed by atoms with van der Waals surface area (Å²) in [6.45, 7) is 9.89. The third-order valence-electron chi connectivity index (χ3n) is 3.65. The molecule has 0 spiro atoms. The van der Waals surface area contributed by atoms with E-state index in [1.807, 2.05) is 52.8 Å². The van der Waals surface area contributed by atoms with Gasteiger partial charge in [-0.15, -0.1) is 0 Å². The van der Waals surface area contributed by atoms with Gasteiger partial charge in [0.1, 0.15) is 5.75 Å². The smallest absolute Gasteiger partial charge is 0.315 e. The summed E-state index contributed by atoms with van der Waals surface area (Å²) in [5.74, 6) is 0.744. The molecule has 0 fully saturated rings. The van der Waals surface area contributed by atoms with Crippen LogP contribution < -0.4 is 15.4 Å². The second-order valence-corrected chi connectivity index (χ2v) is 6.70. The molecule has 3 N–H and O–H groups in total. The number of benzene rings is 1. The summed E-state index contributed by atoms with van der Waals surface area (Å²) in [5.41, 5.74) is 1.76. The van der Waals surface area contributed by atoms with Gasteiger partial charge in [-0.3, -0.25) is 0 Å². The van der Waals surface area contributed by atoms with Gasteiger partial charge in [0.05, 0.1) is 19.3 Å². The van der Waals surface area contributed by atoms with Crippen molar-refractivity contribution in [2.45, 2.75) is 46.8 Å². The summed E-state index contributed by atoms with van der Waals surface area (Å²) in [6, 6.07) is 5.35. The minimum Gasteiger partial charge on any atom is -0.496 e. The minimum absolute atomic E-state index is 0.193. The molecule has 2 amide bonds. The first-order valence-electron chi connectivity index (χ1n) is 7.52. The largest absolute Gasteiger partial charge is 0.496 e. The number of ether oxygens (including phenoxy) is 1. The van der Waals surface area contributed by atoms with E-state index in [1.165, 1.54) is 0 Å². The van der Waals surface area contributed by atoms with Crippen molar-refractivity contribution >= 4 is 6.03 Å². The van der Waals surface area contributed by atoms with E-state index in [1.54, 1.807) is 7.11 Å². The van der Waals surface area contributed by atoms with Crippen LogP contribution in [-0.4, -0.2) is 30.9 Å². The van der Waals surface area contributed by atoms with E-state index in [0.29, 0.717) is 0 Å². The number of hydrogen-bond acceptors (Lipinski definition) is 3. The van der Waals surface area contributed by atoms with Gasteiger partial charge in [0.15, 0.2) is 0 Å². The van der Waals surface area contributed by atoms with Gasteiger partial charge in [-0.05, 0) is 25.3 Å². The zero-order valence-corrected chi connectivity index (χ0v) is 14.4. The molecule has 0 saturated heterocycles. The third-order valence-corrected chi connectivity index (χ3v) is 3.65. The average Bonchev–Trinajstić information content (AvgIpc) is 2.43. The molecule has 0 radical (unpaired) electrons.